The van der Waals surface area contributed by atoms with Crippen molar-refractivity contribution in [2.75, 3.05) is 11.6 Å². The van der Waals surface area contributed by atoms with Gasteiger partial charge in [0.25, 0.3) is 0 Å². The molecule has 0 saturated heterocycles. The Bertz CT molecular complexity index is 789. The summed E-state index contributed by atoms with van der Waals surface area (Å²) < 4.78 is 5.16. The lowest BCUT2D eigenvalue weighted by molar-refractivity contribution is -0.135. The predicted octanol–water partition coefficient (Wildman–Crippen LogP) is 4.85. The van der Waals surface area contributed by atoms with Gasteiger partial charge in [0.1, 0.15) is 5.71 Å². The first kappa shape index (κ1) is 18.2. The van der Waals surface area contributed by atoms with Crippen LogP contribution in [0.2, 0.25) is 0 Å². The van der Waals surface area contributed by atoms with Crippen LogP contribution in [0.3, 0.4) is 0 Å². The van der Waals surface area contributed by atoms with Gasteiger partial charge in [0.15, 0.2) is 0 Å². The zero-order valence-corrected chi connectivity index (χ0v) is 15.9. The summed E-state index contributed by atoms with van der Waals surface area (Å²) in [5.41, 5.74) is 3.99. The normalized spacial score (nSPS) is 17.2. The molecule has 4 heteroatoms. The van der Waals surface area contributed by atoms with E-state index in [0.29, 0.717) is 18.7 Å². The van der Waals surface area contributed by atoms with E-state index in [4.69, 9.17) is 4.74 Å². The van der Waals surface area contributed by atoms with Gasteiger partial charge in [-0.15, -0.1) is 0 Å². The molecule has 1 heterocycles. The number of hydrogen-bond donors (Lipinski definition) is 0. The zero-order chi connectivity index (χ0) is 18.7. The highest BCUT2D eigenvalue weighted by Gasteiger charge is 2.33. The third kappa shape index (κ3) is 3.79. The number of para-hydroxylation sites is 1. The van der Waals surface area contributed by atoms with E-state index in [-0.39, 0.29) is 17.4 Å². The Kier molecular flexibility index (Phi) is 5.12. The molecule has 0 aromatic heterocycles. The van der Waals surface area contributed by atoms with Gasteiger partial charge in [-0.05, 0) is 35.6 Å². The van der Waals surface area contributed by atoms with E-state index in [0.717, 1.165) is 11.3 Å². The van der Waals surface area contributed by atoms with E-state index < -0.39 is 0 Å². The van der Waals surface area contributed by atoms with Gasteiger partial charge in [0.05, 0.1) is 18.3 Å². The molecular formula is C22H26N2O2. The van der Waals surface area contributed by atoms with Crippen LogP contribution in [0.5, 0.6) is 0 Å². The number of hydrazone groups is 1. The van der Waals surface area contributed by atoms with Crippen LogP contribution in [-0.4, -0.2) is 18.3 Å². The van der Waals surface area contributed by atoms with Crippen LogP contribution < -0.4 is 5.01 Å². The van der Waals surface area contributed by atoms with Gasteiger partial charge >= 0.3 is 5.97 Å². The number of anilines is 1. The summed E-state index contributed by atoms with van der Waals surface area (Å²) in [5, 5.41) is 6.51. The molecule has 0 radical (unpaired) electrons. The largest absolute Gasteiger partial charge is 0.461 e. The molecule has 2 aromatic carbocycles. The fraction of sp³-hybridized carbons (Fsp3) is 0.364. The Balaban J connectivity index is 1.93. The van der Waals surface area contributed by atoms with Crippen molar-refractivity contribution < 1.29 is 9.53 Å². The zero-order valence-electron chi connectivity index (χ0n) is 15.9. The van der Waals surface area contributed by atoms with E-state index in [2.05, 4.69) is 50.1 Å². The monoisotopic (exact) mass is 350 g/mol. The number of esters is 1. The van der Waals surface area contributed by atoms with Crippen molar-refractivity contribution in [2.24, 2.45) is 5.10 Å². The van der Waals surface area contributed by atoms with Gasteiger partial charge in [-0.25, -0.2) is 4.79 Å². The van der Waals surface area contributed by atoms with Gasteiger partial charge in [-0.2, -0.15) is 5.10 Å². The van der Waals surface area contributed by atoms with Gasteiger partial charge in [-0.3, -0.25) is 5.01 Å². The van der Waals surface area contributed by atoms with E-state index >= 15 is 0 Å². The van der Waals surface area contributed by atoms with Crippen LogP contribution in [0, 0.1) is 0 Å². The van der Waals surface area contributed by atoms with Gasteiger partial charge in [0.2, 0.25) is 0 Å². The summed E-state index contributed by atoms with van der Waals surface area (Å²) in [4.78, 5) is 12.2. The molecule has 1 unspecified atom stereocenters. The standard InChI is InChI=1S/C22H26N2O2/c1-5-26-21(25)19-15-20(24(23-19)18-9-7-6-8-10-18)16-11-13-17(14-12-16)22(2,3)4/h6-14,20H,5,15H2,1-4H3. The molecule has 2 aromatic rings. The molecule has 26 heavy (non-hydrogen) atoms. The average Bonchev–Trinajstić information content (AvgIpc) is 3.07. The maximum absolute atomic E-state index is 12.2. The van der Waals surface area contributed by atoms with Crippen molar-refractivity contribution in [3.63, 3.8) is 0 Å². The van der Waals surface area contributed by atoms with Crippen molar-refractivity contribution in [1.82, 2.24) is 0 Å². The molecule has 1 atom stereocenters. The maximum Gasteiger partial charge on any atom is 0.354 e. The summed E-state index contributed by atoms with van der Waals surface area (Å²) in [6.07, 6.45) is 0.544. The third-order valence-electron chi connectivity index (χ3n) is 4.60. The van der Waals surface area contributed by atoms with Crippen LogP contribution in [0.25, 0.3) is 0 Å². The number of rotatable bonds is 4. The molecule has 3 rings (SSSR count). The molecule has 0 spiro atoms. The minimum atomic E-state index is -0.331. The topological polar surface area (TPSA) is 41.9 Å². The minimum Gasteiger partial charge on any atom is -0.461 e. The number of benzene rings is 2. The van der Waals surface area contributed by atoms with Crippen LogP contribution >= 0.6 is 0 Å². The van der Waals surface area contributed by atoms with Crippen molar-refractivity contribution in [2.45, 2.75) is 45.6 Å². The van der Waals surface area contributed by atoms with E-state index in [9.17, 15) is 4.79 Å². The third-order valence-corrected chi connectivity index (χ3v) is 4.60. The Morgan fingerprint density at radius 1 is 1.12 bits per heavy atom. The predicted molar refractivity (Wildman–Crippen MR) is 105 cm³/mol. The Morgan fingerprint density at radius 3 is 2.35 bits per heavy atom. The maximum atomic E-state index is 12.2. The smallest absolute Gasteiger partial charge is 0.354 e. The number of carbonyl (C=O) groups excluding carboxylic acids is 1. The second-order valence-electron chi connectivity index (χ2n) is 7.54. The Hall–Kier alpha value is -2.62. The molecule has 0 aliphatic carbocycles. The minimum absolute atomic E-state index is 0.00850. The van der Waals surface area contributed by atoms with Crippen LogP contribution in [0.15, 0.2) is 59.7 Å². The number of hydrogen-bond acceptors (Lipinski definition) is 4. The lowest BCUT2D eigenvalue weighted by Gasteiger charge is -2.25. The molecule has 1 aliphatic heterocycles. The first-order valence-electron chi connectivity index (χ1n) is 9.09. The van der Waals surface area contributed by atoms with Crippen LogP contribution in [0.4, 0.5) is 5.69 Å². The van der Waals surface area contributed by atoms with E-state index in [1.807, 2.05) is 42.3 Å². The molecule has 0 saturated carbocycles. The number of nitrogens with zero attached hydrogens (tertiary/aromatic N) is 2. The van der Waals surface area contributed by atoms with Gasteiger partial charge in [0, 0.05) is 6.42 Å². The van der Waals surface area contributed by atoms with Crippen LogP contribution in [0.1, 0.15) is 51.3 Å². The fourth-order valence-corrected chi connectivity index (χ4v) is 3.13. The number of carbonyl (C=O) groups is 1. The van der Waals surface area contributed by atoms with E-state index in [1.165, 1.54) is 5.56 Å². The first-order chi connectivity index (χ1) is 12.4. The summed E-state index contributed by atoms with van der Waals surface area (Å²) in [5.74, 6) is -0.331. The molecule has 1 aliphatic rings. The van der Waals surface area contributed by atoms with Crippen molar-refractivity contribution in [1.29, 1.82) is 0 Å². The summed E-state index contributed by atoms with van der Waals surface area (Å²) in [6.45, 7) is 8.78. The molecule has 0 amide bonds. The second kappa shape index (κ2) is 7.32. The van der Waals surface area contributed by atoms with Crippen molar-refractivity contribution in [3.8, 4) is 0 Å². The summed E-state index contributed by atoms with van der Waals surface area (Å²) >= 11 is 0. The highest BCUT2D eigenvalue weighted by Crippen LogP contribution is 2.36. The summed E-state index contributed by atoms with van der Waals surface area (Å²) in [7, 11) is 0. The highest BCUT2D eigenvalue weighted by molar-refractivity contribution is 6.37. The quantitative estimate of drug-likeness (QED) is 0.740. The first-order valence-corrected chi connectivity index (χ1v) is 9.09. The average molecular weight is 350 g/mol. The van der Waals surface area contributed by atoms with Crippen LogP contribution in [-0.2, 0) is 14.9 Å². The van der Waals surface area contributed by atoms with E-state index in [1.54, 1.807) is 0 Å². The highest BCUT2D eigenvalue weighted by atomic mass is 16.5. The van der Waals surface area contributed by atoms with Crippen molar-refractivity contribution >= 4 is 17.4 Å². The SMILES string of the molecule is CCOC(=O)C1=NN(c2ccccc2)C(c2ccc(C(C)(C)C)cc2)C1. The number of ether oxygens (including phenoxy) is 1. The Morgan fingerprint density at radius 2 is 1.77 bits per heavy atom. The molecular weight excluding hydrogens is 324 g/mol. The molecule has 0 fully saturated rings. The molecule has 0 bridgehead atoms. The lowest BCUT2D eigenvalue weighted by atomic mass is 9.86. The molecule has 136 valence electrons. The molecule has 4 nitrogen and oxygen atoms in total. The second-order valence-corrected chi connectivity index (χ2v) is 7.54. The molecule has 0 N–H and O–H groups in total. The van der Waals surface area contributed by atoms with Gasteiger partial charge in [-0.1, -0.05) is 63.2 Å². The summed E-state index contributed by atoms with van der Waals surface area (Å²) in [6, 6.07) is 18.6. The van der Waals surface area contributed by atoms with Gasteiger partial charge < -0.3 is 4.74 Å². The fourth-order valence-electron chi connectivity index (χ4n) is 3.13. The van der Waals surface area contributed by atoms with Crippen molar-refractivity contribution in [3.05, 3.63) is 65.7 Å². The Labute approximate surface area is 155 Å². The lowest BCUT2D eigenvalue weighted by Crippen LogP contribution is -2.19.